The van der Waals surface area contributed by atoms with E-state index in [0.29, 0.717) is 11.3 Å². The van der Waals surface area contributed by atoms with E-state index in [9.17, 15) is 13.3 Å². The lowest BCUT2D eigenvalue weighted by molar-refractivity contribution is 0.354. The molecule has 1 aromatic carbocycles. The molecule has 1 heterocycles. The third kappa shape index (κ3) is 3.13. The second kappa shape index (κ2) is 5.14. The number of nitrogens with zero attached hydrogens (tertiary/aromatic N) is 1. The molecule has 4 nitrogen and oxygen atoms in total. The summed E-state index contributed by atoms with van der Waals surface area (Å²) in [5.74, 6) is -0.372. The van der Waals surface area contributed by atoms with Crippen LogP contribution in [-0.4, -0.2) is 16.3 Å². The number of halogens is 2. The summed E-state index contributed by atoms with van der Waals surface area (Å²) >= 11 is 0.965. The van der Waals surface area contributed by atoms with Crippen LogP contribution in [0, 0.1) is 5.82 Å². The molecule has 1 aromatic heterocycles. The first-order chi connectivity index (χ1) is 8.50. The SMILES string of the molecule is O=P(O)(CF)Oc1nc(-c2ccc(F)cc2)cs1. The van der Waals surface area contributed by atoms with Crippen molar-refractivity contribution in [3.63, 3.8) is 0 Å². The molecule has 1 atom stereocenters. The van der Waals surface area contributed by atoms with Gasteiger partial charge in [0.15, 0.2) is 0 Å². The Labute approximate surface area is 105 Å². The second-order valence-corrected chi connectivity index (χ2v) is 5.87. The van der Waals surface area contributed by atoms with Crippen LogP contribution in [0.5, 0.6) is 5.19 Å². The van der Waals surface area contributed by atoms with E-state index in [2.05, 4.69) is 9.51 Å². The molecule has 0 saturated carbocycles. The average molecular weight is 291 g/mol. The first-order valence-corrected chi connectivity index (χ1v) is 7.43. The fourth-order valence-corrected chi connectivity index (χ4v) is 2.61. The second-order valence-electron chi connectivity index (χ2n) is 3.35. The molecule has 96 valence electrons. The van der Waals surface area contributed by atoms with Crippen LogP contribution in [0.4, 0.5) is 8.78 Å². The van der Waals surface area contributed by atoms with Crippen molar-refractivity contribution in [3.05, 3.63) is 35.5 Å². The molecule has 2 aromatic rings. The van der Waals surface area contributed by atoms with Gasteiger partial charge in [0.2, 0.25) is 6.42 Å². The smallest absolute Gasteiger partial charge is 0.395 e. The summed E-state index contributed by atoms with van der Waals surface area (Å²) in [5, 5.41) is 1.47. The zero-order valence-electron chi connectivity index (χ0n) is 8.92. The van der Waals surface area contributed by atoms with Gasteiger partial charge >= 0.3 is 7.60 Å². The van der Waals surface area contributed by atoms with Crippen LogP contribution in [-0.2, 0) is 4.57 Å². The van der Waals surface area contributed by atoms with Crippen LogP contribution < -0.4 is 4.52 Å². The van der Waals surface area contributed by atoms with Gasteiger partial charge in [-0.25, -0.2) is 18.3 Å². The van der Waals surface area contributed by atoms with Crippen LogP contribution in [0.2, 0.25) is 0 Å². The lowest BCUT2D eigenvalue weighted by Crippen LogP contribution is -1.92. The van der Waals surface area contributed by atoms with Gasteiger partial charge in [-0.2, -0.15) is 0 Å². The maximum Gasteiger partial charge on any atom is 0.409 e. The highest BCUT2D eigenvalue weighted by Crippen LogP contribution is 2.44. The normalized spacial score (nSPS) is 14.2. The number of rotatable bonds is 4. The fourth-order valence-electron chi connectivity index (χ4n) is 1.20. The highest BCUT2D eigenvalue weighted by atomic mass is 32.1. The highest BCUT2D eigenvalue weighted by molar-refractivity contribution is 7.53. The standard InChI is InChI=1S/C10H8F2NO3PS/c11-6-17(14,15)16-10-13-9(5-18-10)7-1-3-8(12)4-2-7/h1-5H,6H2,(H,14,15). The molecule has 0 amide bonds. The van der Waals surface area contributed by atoms with Gasteiger partial charge in [0.1, 0.15) is 5.82 Å². The predicted octanol–water partition coefficient (Wildman–Crippen LogP) is 3.44. The number of alkyl halides is 1. The molecule has 2 rings (SSSR count). The molecule has 0 saturated heterocycles. The number of hydrogen-bond acceptors (Lipinski definition) is 4. The van der Waals surface area contributed by atoms with Crippen molar-refractivity contribution >= 4 is 18.9 Å². The Morgan fingerprint density at radius 2 is 2.06 bits per heavy atom. The lowest BCUT2D eigenvalue weighted by atomic mass is 10.2. The predicted molar refractivity (Wildman–Crippen MR) is 63.9 cm³/mol. The quantitative estimate of drug-likeness (QED) is 0.877. The lowest BCUT2D eigenvalue weighted by Gasteiger charge is -2.05. The maximum absolute atomic E-state index is 12.7. The summed E-state index contributed by atoms with van der Waals surface area (Å²) in [7, 11) is -4.26. The topological polar surface area (TPSA) is 59.4 Å². The van der Waals surface area contributed by atoms with Gasteiger partial charge < -0.3 is 9.42 Å². The van der Waals surface area contributed by atoms with E-state index < -0.39 is 14.0 Å². The van der Waals surface area contributed by atoms with Crippen LogP contribution in [0.1, 0.15) is 0 Å². The Kier molecular flexibility index (Phi) is 3.75. The minimum Gasteiger partial charge on any atom is -0.395 e. The summed E-state index contributed by atoms with van der Waals surface area (Å²) < 4.78 is 40.4. The van der Waals surface area contributed by atoms with Crippen LogP contribution in [0.3, 0.4) is 0 Å². The monoisotopic (exact) mass is 291 g/mol. The van der Waals surface area contributed by atoms with Crippen molar-refractivity contribution < 1.29 is 22.8 Å². The molecule has 0 spiro atoms. The average Bonchev–Trinajstić information content (AvgIpc) is 2.78. The summed E-state index contributed by atoms with van der Waals surface area (Å²) in [4.78, 5) is 12.9. The van der Waals surface area contributed by atoms with E-state index in [1.807, 2.05) is 0 Å². The molecule has 0 bridgehead atoms. The summed E-state index contributed by atoms with van der Waals surface area (Å²) in [6.07, 6.45) is -1.47. The third-order valence-electron chi connectivity index (χ3n) is 1.99. The Morgan fingerprint density at radius 1 is 1.39 bits per heavy atom. The number of benzene rings is 1. The van der Waals surface area contributed by atoms with Gasteiger partial charge in [-0.05, 0) is 24.3 Å². The Balaban J connectivity index is 2.20. The minimum absolute atomic E-state index is 0.0993. The first-order valence-electron chi connectivity index (χ1n) is 4.79. The molecule has 1 N–H and O–H groups in total. The zero-order valence-corrected chi connectivity index (χ0v) is 10.6. The summed E-state index contributed by atoms with van der Waals surface area (Å²) in [6.45, 7) is 0. The number of hydrogen-bond donors (Lipinski definition) is 1. The Bertz CT molecular complexity index is 587. The maximum atomic E-state index is 12.7. The van der Waals surface area contributed by atoms with Crippen molar-refractivity contribution in [2.45, 2.75) is 0 Å². The van der Waals surface area contributed by atoms with Gasteiger partial charge in [0.05, 0.1) is 5.69 Å². The fraction of sp³-hybridized carbons (Fsp3) is 0.100. The molecule has 0 aliphatic carbocycles. The molecule has 0 aliphatic rings. The molecule has 18 heavy (non-hydrogen) atoms. The number of aromatic nitrogens is 1. The van der Waals surface area contributed by atoms with E-state index >= 15 is 0 Å². The van der Waals surface area contributed by atoms with Crippen molar-refractivity contribution in [3.8, 4) is 16.5 Å². The molecule has 0 radical (unpaired) electrons. The van der Waals surface area contributed by atoms with Crippen molar-refractivity contribution in [1.29, 1.82) is 0 Å². The Hall–Kier alpha value is -1.30. The summed E-state index contributed by atoms with van der Waals surface area (Å²) in [5.41, 5.74) is 1.10. The largest absolute Gasteiger partial charge is 0.409 e. The molecule has 1 unspecified atom stereocenters. The van der Waals surface area contributed by atoms with Gasteiger partial charge in [-0.3, -0.25) is 0 Å². The molecular weight excluding hydrogens is 283 g/mol. The van der Waals surface area contributed by atoms with Crippen molar-refractivity contribution in [2.24, 2.45) is 0 Å². The Morgan fingerprint density at radius 3 is 2.67 bits per heavy atom. The van der Waals surface area contributed by atoms with Crippen LogP contribution in [0.15, 0.2) is 29.6 Å². The third-order valence-corrected chi connectivity index (χ3v) is 3.60. The molecule has 8 heteroatoms. The van der Waals surface area contributed by atoms with Gasteiger partial charge in [-0.1, -0.05) is 11.3 Å². The van der Waals surface area contributed by atoms with Crippen molar-refractivity contribution in [1.82, 2.24) is 4.98 Å². The van der Waals surface area contributed by atoms with Gasteiger partial charge in [-0.15, -0.1) is 0 Å². The van der Waals surface area contributed by atoms with E-state index in [-0.39, 0.29) is 11.0 Å². The minimum atomic E-state index is -4.26. The molecular formula is C10H8F2NO3PS. The molecule has 0 fully saturated rings. The zero-order chi connectivity index (χ0) is 13.2. The van der Waals surface area contributed by atoms with Gasteiger partial charge in [0, 0.05) is 10.9 Å². The highest BCUT2D eigenvalue weighted by Gasteiger charge is 2.22. The van der Waals surface area contributed by atoms with Crippen LogP contribution >= 0.6 is 18.9 Å². The number of thiazole rings is 1. The van der Waals surface area contributed by atoms with Crippen LogP contribution in [0.25, 0.3) is 11.3 Å². The van der Waals surface area contributed by atoms with E-state index in [1.54, 1.807) is 5.38 Å². The van der Waals surface area contributed by atoms with Crippen molar-refractivity contribution in [2.75, 3.05) is 6.42 Å². The first kappa shape index (κ1) is 13.1. The van der Waals surface area contributed by atoms with E-state index in [4.69, 9.17) is 4.89 Å². The summed E-state index contributed by atoms with van der Waals surface area (Å²) in [6, 6.07) is 5.57. The van der Waals surface area contributed by atoms with Gasteiger partial charge in [0.25, 0.3) is 5.19 Å². The van der Waals surface area contributed by atoms with E-state index in [0.717, 1.165) is 11.3 Å². The van der Waals surface area contributed by atoms with E-state index in [1.165, 1.54) is 24.3 Å². The molecule has 0 aliphatic heterocycles.